The van der Waals surface area contributed by atoms with E-state index in [4.69, 9.17) is 19.9 Å². The first kappa shape index (κ1) is 22.8. The average molecular weight is 448 g/mol. The molecule has 2 aromatic rings. The minimum absolute atomic E-state index is 0.0620. The van der Waals surface area contributed by atoms with Crippen molar-refractivity contribution in [2.75, 3.05) is 18.1 Å². The van der Waals surface area contributed by atoms with Crippen LogP contribution in [0.1, 0.15) is 38.7 Å². The fraction of sp³-hybridized carbons (Fsp3) is 0.429. The monoisotopic (exact) mass is 447 g/mol. The van der Waals surface area contributed by atoms with Crippen molar-refractivity contribution >= 4 is 29.5 Å². The average Bonchev–Trinajstić information content (AvgIpc) is 3.18. The van der Waals surface area contributed by atoms with Crippen LogP contribution in [-0.4, -0.2) is 39.3 Å². The number of esters is 2. The number of hydrogen-bond donors (Lipinski definition) is 1. The van der Waals surface area contributed by atoms with Gasteiger partial charge in [-0.3, -0.25) is 9.36 Å². The van der Waals surface area contributed by atoms with Gasteiger partial charge in [0.05, 0.1) is 5.41 Å². The first-order chi connectivity index (χ1) is 14.6. The van der Waals surface area contributed by atoms with Gasteiger partial charge in [0.15, 0.2) is 0 Å². The Balaban J connectivity index is 1.63. The lowest BCUT2D eigenvalue weighted by Gasteiger charge is -2.23. The first-order valence-electron chi connectivity index (χ1n) is 9.69. The standard InChI is InChI=1S/C21H25N3O6S/c1-21(2,3)19(26)30-17(13-7-5-4-6-8-13)18(25)28-11-16-29-15(12-31-16)24-10-9-14(22)23-20(24)27/h4-10,15-17H,11-12H2,1-3H3,(H2,22,23,27). The highest BCUT2D eigenvalue weighted by atomic mass is 32.2. The molecule has 31 heavy (non-hydrogen) atoms. The third-order valence-corrected chi connectivity index (χ3v) is 5.51. The highest BCUT2D eigenvalue weighted by Crippen LogP contribution is 2.32. The zero-order valence-corrected chi connectivity index (χ0v) is 18.3. The largest absolute Gasteiger partial charge is 0.459 e. The second kappa shape index (κ2) is 9.52. The molecule has 1 aliphatic rings. The van der Waals surface area contributed by atoms with E-state index in [9.17, 15) is 14.4 Å². The Morgan fingerprint density at radius 2 is 2.00 bits per heavy atom. The van der Waals surface area contributed by atoms with Gasteiger partial charge < -0.3 is 19.9 Å². The fourth-order valence-electron chi connectivity index (χ4n) is 2.71. The third-order valence-electron chi connectivity index (χ3n) is 4.41. The summed E-state index contributed by atoms with van der Waals surface area (Å²) in [5, 5.41) is 0. The number of nitrogen functional groups attached to an aromatic ring is 1. The number of hydrogen-bond acceptors (Lipinski definition) is 9. The molecule has 0 saturated carbocycles. The van der Waals surface area contributed by atoms with Crippen LogP contribution in [0.4, 0.5) is 5.82 Å². The molecule has 1 fully saturated rings. The first-order valence-corrected chi connectivity index (χ1v) is 10.7. The molecule has 166 valence electrons. The van der Waals surface area contributed by atoms with Crippen molar-refractivity contribution < 1.29 is 23.8 Å². The molecule has 0 spiro atoms. The lowest BCUT2D eigenvalue weighted by molar-refractivity contribution is -0.175. The molecule has 0 amide bonds. The van der Waals surface area contributed by atoms with E-state index in [0.717, 1.165) is 0 Å². The number of carbonyl (C=O) groups is 2. The summed E-state index contributed by atoms with van der Waals surface area (Å²) in [5.74, 6) is -0.591. The van der Waals surface area contributed by atoms with Crippen LogP contribution in [0.3, 0.4) is 0 Å². The summed E-state index contributed by atoms with van der Waals surface area (Å²) in [6.45, 7) is 5.06. The van der Waals surface area contributed by atoms with E-state index < -0.39 is 40.8 Å². The molecule has 3 rings (SSSR count). The maximum Gasteiger partial charge on any atom is 0.352 e. The highest BCUT2D eigenvalue weighted by Gasteiger charge is 2.34. The number of nitrogens with two attached hydrogens (primary N) is 1. The number of ether oxygens (including phenoxy) is 3. The number of carbonyl (C=O) groups excluding carboxylic acids is 2. The molecule has 1 aromatic carbocycles. The smallest absolute Gasteiger partial charge is 0.352 e. The number of aromatic nitrogens is 2. The van der Waals surface area contributed by atoms with Crippen molar-refractivity contribution in [2.45, 2.75) is 38.5 Å². The van der Waals surface area contributed by atoms with E-state index in [1.807, 2.05) is 0 Å². The molecule has 10 heteroatoms. The minimum atomic E-state index is -1.18. The number of thioether (sulfide) groups is 1. The lowest BCUT2D eigenvalue weighted by Crippen LogP contribution is -2.31. The van der Waals surface area contributed by atoms with Crippen molar-refractivity contribution in [3.8, 4) is 0 Å². The van der Waals surface area contributed by atoms with Gasteiger partial charge in [0.2, 0.25) is 6.10 Å². The molecule has 0 aliphatic carbocycles. The van der Waals surface area contributed by atoms with Crippen LogP contribution in [0.15, 0.2) is 47.4 Å². The van der Waals surface area contributed by atoms with Gasteiger partial charge in [-0.25, -0.2) is 9.59 Å². The van der Waals surface area contributed by atoms with Crippen LogP contribution in [0, 0.1) is 5.41 Å². The second-order valence-electron chi connectivity index (χ2n) is 7.97. The maximum atomic E-state index is 12.8. The number of nitrogens with zero attached hydrogens (tertiary/aromatic N) is 2. The predicted octanol–water partition coefficient (Wildman–Crippen LogP) is 2.29. The van der Waals surface area contributed by atoms with E-state index in [-0.39, 0.29) is 12.4 Å². The summed E-state index contributed by atoms with van der Waals surface area (Å²) >= 11 is 1.40. The van der Waals surface area contributed by atoms with Gasteiger partial charge in [-0.1, -0.05) is 30.3 Å². The fourth-order valence-corrected chi connectivity index (χ4v) is 3.70. The Morgan fingerprint density at radius 3 is 2.65 bits per heavy atom. The zero-order valence-electron chi connectivity index (χ0n) is 17.5. The summed E-state index contributed by atoms with van der Waals surface area (Å²) < 4.78 is 18.0. The molecule has 3 unspecified atom stereocenters. The van der Waals surface area contributed by atoms with E-state index in [1.54, 1.807) is 51.1 Å². The van der Waals surface area contributed by atoms with E-state index in [2.05, 4.69) is 4.98 Å². The summed E-state index contributed by atoms with van der Waals surface area (Å²) in [6, 6.07) is 10.2. The quantitative estimate of drug-likeness (QED) is 0.664. The Hall–Kier alpha value is -2.85. The number of benzene rings is 1. The van der Waals surface area contributed by atoms with Gasteiger partial charge in [-0.2, -0.15) is 4.98 Å². The van der Waals surface area contributed by atoms with Crippen molar-refractivity contribution in [3.63, 3.8) is 0 Å². The molecule has 1 saturated heterocycles. The molecule has 9 nitrogen and oxygen atoms in total. The molecule has 2 N–H and O–H groups in total. The van der Waals surface area contributed by atoms with E-state index >= 15 is 0 Å². The summed E-state index contributed by atoms with van der Waals surface area (Å²) in [4.78, 5) is 40.8. The summed E-state index contributed by atoms with van der Waals surface area (Å²) in [5.41, 5.74) is 4.26. The molecule has 3 atom stereocenters. The summed E-state index contributed by atoms with van der Waals surface area (Å²) in [7, 11) is 0. The van der Waals surface area contributed by atoms with Gasteiger partial charge in [0.1, 0.15) is 24.1 Å². The Bertz CT molecular complexity index is 989. The van der Waals surface area contributed by atoms with Gasteiger partial charge in [-0.15, -0.1) is 11.8 Å². The maximum absolute atomic E-state index is 12.8. The molecule has 1 aromatic heterocycles. The molecular weight excluding hydrogens is 422 g/mol. The topological polar surface area (TPSA) is 123 Å². The SMILES string of the molecule is CC(C)(C)C(=O)OC(C(=O)OCC1OC(n2ccc(N)nc2=O)CS1)c1ccccc1. The van der Waals surface area contributed by atoms with Crippen LogP contribution in [-0.2, 0) is 23.8 Å². The Morgan fingerprint density at radius 1 is 1.29 bits per heavy atom. The normalized spacial score (nSPS) is 19.6. The highest BCUT2D eigenvalue weighted by molar-refractivity contribution is 8.00. The Labute approximate surface area is 183 Å². The number of anilines is 1. The van der Waals surface area contributed by atoms with Crippen LogP contribution >= 0.6 is 11.8 Å². The van der Waals surface area contributed by atoms with Gasteiger partial charge in [0.25, 0.3) is 0 Å². The Kier molecular flexibility index (Phi) is 7.01. The molecule has 0 radical (unpaired) electrons. The van der Waals surface area contributed by atoms with Crippen LogP contribution in [0.2, 0.25) is 0 Å². The van der Waals surface area contributed by atoms with E-state index in [1.165, 1.54) is 28.6 Å². The number of rotatable bonds is 6. The van der Waals surface area contributed by atoms with Crippen LogP contribution in [0.5, 0.6) is 0 Å². The van der Waals surface area contributed by atoms with Gasteiger partial charge in [-0.05, 0) is 26.8 Å². The van der Waals surface area contributed by atoms with Crippen molar-refractivity contribution in [3.05, 3.63) is 58.6 Å². The molecule has 0 bridgehead atoms. The van der Waals surface area contributed by atoms with Crippen molar-refractivity contribution in [2.24, 2.45) is 5.41 Å². The molecule has 1 aliphatic heterocycles. The van der Waals surface area contributed by atoms with E-state index in [0.29, 0.717) is 11.3 Å². The zero-order chi connectivity index (χ0) is 22.6. The van der Waals surface area contributed by atoms with Crippen LogP contribution in [0.25, 0.3) is 0 Å². The molecular formula is C21H25N3O6S. The van der Waals surface area contributed by atoms with Crippen LogP contribution < -0.4 is 11.4 Å². The second-order valence-corrected chi connectivity index (χ2v) is 9.16. The minimum Gasteiger partial charge on any atom is -0.459 e. The predicted molar refractivity (Wildman–Crippen MR) is 115 cm³/mol. The van der Waals surface area contributed by atoms with Crippen molar-refractivity contribution in [1.82, 2.24) is 9.55 Å². The summed E-state index contributed by atoms with van der Waals surface area (Å²) in [6.07, 6.45) is -0.209. The van der Waals surface area contributed by atoms with Crippen molar-refractivity contribution in [1.29, 1.82) is 0 Å². The third kappa shape index (κ3) is 5.86. The molecule has 2 heterocycles. The van der Waals surface area contributed by atoms with Gasteiger partial charge >= 0.3 is 17.6 Å². The lowest BCUT2D eigenvalue weighted by atomic mass is 9.97. The van der Waals surface area contributed by atoms with Gasteiger partial charge in [0, 0.05) is 17.5 Å².